The Bertz CT molecular complexity index is 585. The molecule has 1 aromatic carbocycles. The molecule has 0 amide bonds. The van der Waals surface area contributed by atoms with E-state index < -0.39 is 21.4 Å². The van der Waals surface area contributed by atoms with Crippen molar-refractivity contribution in [1.29, 1.82) is 0 Å². The molecule has 0 aliphatic rings. The number of hydrogen-bond donors (Lipinski definition) is 1. The second kappa shape index (κ2) is 5.21. The van der Waals surface area contributed by atoms with Crippen LogP contribution in [-0.2, 0) is 14.6 Å². The van der Waals surface area contributed by atoms with Crippen LogP contribution < -0.4 is 5.73 Å². The molecule has 2 N–H and O–H groups in total. The molecule has 0 aromatic heterocycles. The second-order valence-corrected chi connectivity index (χ2v) is 7.43. The van der Waals surface area contributed by atoms with Crippen LogP contribution in [0.25, 0.3) is 0 Å². The number of sulfone groups is 1. The average molecular weight is 285 g/mol. The summed E-state index contributed by atoms with van der Waals surface area (Å²) in [6.07, 6.45) is 0. The van der Waals surface area contributed by atoms with E-state index in [4.69, 9.17) is 10.5 Å². The normalized spacial score (nSPS) is 12.2. The third-order valence-corrected chi connectivity index (χ3v) is 4.11. The fourth-order valence-electron chi connectivity index (χ4n) is 1.42. The molecule has 5 nitrogen and oxygen atoms in total. The van der Waals surface area contributed by atoms with E-state index in [-0.39, 0.29) is 21.9 Å². The first-order valence-corrected chi connectivity index (χ1v) is 7.57. The Morgan fingerprint density at radius 1 is 1.32 bits per heavy atom. The van der Waals surface area contributed by atoms with Gasteiger partial charge in [-0.3, -0.25) is 0 Å². The summed E-state index contributed by atoms with van der Waals surface area (Å²) in [5.74, 6) is -0.580. The van der Waals surface area contributed by atoms with Gasteiger partial charge in [-0.05, 0) is 39.0 Å². The number of carbonyl (C=O) groups excluding carboxylic acids is 1. The van der Waals surface area contributed by atoms with Crippen LogP contribution >= 0.6 is 0 Å². The van der Waals surface area contributed by atoms with Gasteiger partial charge in [-0.2, -0.15) is 0 Å². The monoisotopic (exact) mass is 285 g/mol. The minimum atomic E-state index is -3.33. The van der Waals surface area contributed by atoms with E-state index in [0.29, 0.717) is 0 Å². The maximum absolute atomic E-state index is 11.9. The fourth-order valence-corrected chi connectivity index (χ4v) is 2.34. The molecule has 0 bridgehead atoms. The zero-order valence-electron chi connectivity index (χ0n) is 11.6. The van der Waals surface area contributed by atoms with Gasteiger partial charge in [0.2, 0.25) is 0 Å². The van der Waals surface area contributed by atoms with Crippen molar-refractivity contribution in [2.45, 2.75) is 38.2 Å². The number of rotatable bonds is 3. The molecule has 0 unspecified atom stereocenters. The minimum Gasteiger partial charge on any atom is -0.456 e. The van der Waals surface area contributed by atoms with Gasteiger partial charge in [0.15, 0.2) is 9.84 Å². The minimum absolute atomic E-state index is 0.0157. The van der Waals surface area contributed by atoms with E-state index in [1.165, 1.54) is 18.2 Å². The quantitative estimate of drug-likeness (QED) is 0.678. The molecule has 0 radical (unpaired) electrons. The third-order valence-electron chi connectivity index (χ3n) is 2.38. The first kappa shape index (κ1) is 15.5. The summed E-state index contributed by atoms with van der Waals surface area (Å²) in [7, 11) is -3.33. The lowest BCUT2D eigenvalue weighted by molar-refractivity contribution is 0.00707. The Morgan fingerprint density at radius 3 is 2.32 bits per heavy atom. The zero-order valence-corrected chi connectivity index (χ0v) is 12.4. The lowest BCUT2D eigenvalue weighted by Crippen LogP contribution is -2.24. The number of ether oxygens (including phenoxy) is 1. The number of benzene rings is 1. The number of anilines is 1. The number of hydrogen-bond acceptors (Lipinski definition) is 5. The maximum atomic E-state index is 11.9. The Kier molecular flexibility index (Phi) is 4.25. The van der Waals surface area contributed by atoms with E-state index >= 15 is 0 Å². The molecule has 0 aliphatic heterocycles. The molecule has 0 atom stereocenters. The van der Waals surface area contributed by atoms with Gasteiger partial charge in [0, 0.05) is 5.69 Å². The second-order valence-electron chi connectivity index (χ2n) is 5.15. The van der Waals surface area contributed by atoms with Gasteiger partial charge in [0.05, 0.1) is 16.2 Å². The summed E-state index contributed by atoms with van der Waals surface area (Å²) in [5, 5.41) is 0. The molecule has 1 rings (SSSR count). The lowest BCUT2D eigenvalue weighted by atomic mass is 10.1. The highest BCUT2D eigenvalue weighted by atomic mass is 32.2. The Hall–Kier alpha value is -1.56. The topological polar surface area (TPSA) is 86.5 Å². The van der Waals surface area contributed by atoms with Crippen molar-refractivity contribution in [2.24, 2.45) is 0 Å². The van der Waals surface area contributed by atoms with Crippen LogP contribution in [0.4, 0.5) is 5.69 Å². The first-order chi connectivity index (χ1) is 8.57. The Labute approximate surface area is 113 Å². The summed E-state index contributed by atoms with van der Waals surface area (Å²) in [6, 6.07) is 4.04. The van der Waals surface area contributed by atoms with Gasteiger partial charge >= 0.3 is 5.97 Å². The van der Waals surface area contributed by atoms with E-state index in [9.17, 15) is 13.2 Å². The number of nitrogens with two attached hydrogens (primary N) is 1. The summed E-state index contributed by atoms with van der Waals surface area (Å²) in [6.45, 7) is 6.79. The van der Waals surface area contributed by atoms with Crippen LogP contribution in [0.15, 0.2) is 23.1 Å². The van der Waals surface area contributed by atoms with Gasteiger partial charge in [-0.1, -0.05) is 6.92 Å². The predicted molar refractivity (Wildman–Crippen MR) is 73.7 cm³/mol. The smallest absolute Gasteiger partial charge is 0.340 e. The van der Waals surface area contributed by atoms with Gasteiger partial charge < -0.3 is 10.5 Å². The molecular weight excluding hydrogens is 266 g/mol. The van der Waals surface area contributed by atoms with E-state index in [1.807, 2.05) is 0 Å². The molecule has 1 aromatic rings. The molecule has 0 fully saturated rings. The van der Waals surface area contributed by atoms with Crippen molar-refractivity contribution < 1.29 is 17.9 Å². The lowest BCUT2D eigenvalue weighted by Gasteiger charge is -2.20. The van der Waals surface area contributed by atoms with Crippen LogP contribution in [-0.4, -0.2) is 25.7 Å². The average Bonchev–Trinajstić information content (AvgIpc) is 2.26. The van der Waals surface area contributed by atoms with Gasteiger partial charge in [-0.25, -0.2) is 13.2 Å². The summed E-state index contributed by atoms with van der Waals surface area (Å²) in [4.78, 5) is 12.0. The van der Waals surface area contributed by atoms with Crippen LogP contribution in [0, 0.1) is 0 Å². The van der Waals surface area contributed by atoms with Crippen molar-refractivity contribution in [2.75, 3.05) is 11.5 Å². The highest BCUT2D eigenvalue weighted by molar-refractivity contribution is 7.91. The van der Waals surface area contributed by atoms with Crippen molar-refractivity contribution in [3.8, 4) is 0 Å². The number of esters is 1. The molecule has 0 spiro atoms. The number of carbonyl (C=O) groups is 1. The molecule has 0 heterocycles. The molecule has 0 saturated heterocycles. The largest absolute Gasteiger partial charge is 0.456 e. The predicted octanol–water partition coefficient (Wildman–Crippen LogP) is 2.02. The third kappa shape index (κ3) is 3.96. The maximum Gasteiger partial charge on any atom is 0.340 e. The van der Waals surface area contributed by atoms with Crippen molar-refractivity contribution in [3.63, 3.8) is 0 Å². The van der Waals surface area contributed by atoms with Gasteiger partial charge in [-0.15, -0.1) is 0 Å². The Balaban J connectivity index is 3.12. The van der Waals surface area contributed by atoms with Crippen LogP contribution in [0.5, 0.6) is 0 Å². The van der Waals surface area contributed by atoms with Gasteiger partial charge in [0.25, 0.3) is 0 Å². The summed E-state index contributed by atoms with van der Waals surface area (Å²) < 4.78 is 28.6. The van der Waals surface area contributed by atoms with Crippen LogP contribution in [0.1, 0.15) is 38.1 Å². The first-order valence-electron chi connectivity index (χ1n) is 5.92. The van der Waals surface area contributed by atoms with E-state index in [2.05, 4.69) is 0 Å². The standard InChI is InChI=1S/C13H19NO4S/c1-5-19(16,17)9-6-7-10(11(14)8-9)12(15)18-13(2,3)4/h6-8H,5,14H2,1-4H3. The molecule has 6 heteroatoms. The molecule has 0 aliphatic carbocycles. The molecular formula is C13H19NO4S. The van der Waals surface area contributed by atoms with Crippen molar-refractivity contribution in [1.82, 2.24) is 0 Å². The highest BCUT2D eigenvalue weighted by Crippen LogP contribution is 2.21. The number of nitrogen functional groups attached to an aromatic ring is 1. The summed E-state index contributed by atoms with van der Waals surface area (Å²) in [5.41, 5.74) is 5.37. The SMILES string of the molecule is CCS(=O)(=O)c1ccc(C(=O)OC(C)(C)C)c(N)c1. The highest BCUT2D eigenvalue weighted by Gasteiger charge is 2.21. The fraction of sp³-hybridized carbons (Fsp3) is 0.462. The van der Waals surface area contributed by atoms with Crippen molar-refractivity contribution in [3.05, 3.63) is 23.8 Å². The molecule has 19 heavy (non-hydrogen) atoms. The summed E-state index contributed by atoms with van der Waals surface area (Å²) >= 11 is 0. The molecule has 0 saturated carbocycles. The Morgan fingerprint density at radius 2 is 1.89 bits per heavy atom. The van der Waals surface area contributed by atoms with Crippen molar-refractivity contribution >= 4 is 21.5 Å². The molecule has 106 valence electrons. The van der Waals surface area contributed by atoms with Gasteiger partial charge in [0.1, 0.15) is 5.60 Å². The van der Waals surface area contributed by atoms with Crippen LogP contribution in [0.2, 0.25) is 0 Å². The van der Waals surface area contributed by atoms with E-state index in [1.54, 1.807) is 27.7 Å². The van der Waals surface area contributed by atoms with Crippen LogP contribution in [0.3, 0.4) is 0 Å². The zero-order chi connectivity index (χ0) is 14.8. The van der Waals surface area contributed by atoms with E-state index in [0.717, 1.165) is 0 Å².